The Labute approximate surface area is 136 Å². The molecule has 1 amide bonds. The zero-order valence-corrected chi connectivity index (χ0v) is 13.2. The summed E-state index contributed by atoms with van der Waals surface area (Å²) in [4.78, 5) is 16.0. The summed E-state index contributed by atoms with van der Waals surface area (Å²) in [5.74, 6) is 0.726. The van der Waals surface area contributed by atoms with E-state index in [0.29, 0.717) is 18.8 Å². The molecule has 1 aliphatic rings. The van der Waals surface area contributed by atoms with Crippen LogP contribution in [0, 0.1) is 0 Å². The summed E-state index contributed by atoms with van der Waals surface area (Å²) in [6.07, 6.45) is 3.20. The molecular formula is C18H21N3O2. The molecule has 0 radical (unpaired) electrons. The van der Waals surface area contributed by atoms with Crippen LogP contribution in [0.3, 0.4) is 0 Å². The van der Waals surface area contributed by atoms with Crippen LogP contribution in [-0.2, 0) is 11.3 Å². The molecule has 1 aliphatic heterocycles. The maximum atomic E-state index is 11.8. The van der Waals surface area contributed by atoms with Crippen LogP contribution >= 0.6 is 0 Å². The van der Waals surface area contributed by atoms with E-state index in [-0.39, 0.29) is 18.0 Å². The van der Waals surface area contributed by atoms with Gasteiger partial charge in [0.05, 0.1) is 13.2 Å². The first-order valence-corrected chi connectivity index (χ1v) is 7.83. The highest BCUT2D eigenvalue weighted by molar-refractivity contribution is 5.77. The van der Waals surface area contributed by atoms with E-state index >= 15 is 0 Å². The van der Waals surface area contributed by atoms with Crippen molar-refractivity contribution in [3.8, 4) is 5.88 Å². The Morgan fingerprint density at radius 2 is 2.09 bits per heavy atom. The lowest BCUT2D eigenvalue weighted by molar-refractivity contribution is -0.123. The second-order valence-electron chi connectivity index (χ2n) is 5.69. The largest absolute Gasteiger partial charge is 0.481 e. The molecule has 0 saturated carbocycles. The van der Waals surface area contributed by atoms with Gasteiger partial charge in [0.2, 0.25) is 11.8 Å². The molecular weight excluding hydrogens is 290 g/mol. The average Bonchev–Trinajstić information content (AvgIpc) is 2.62. The summed E-state index contributed by atoms with van der Waals surface area (Å²) in [7, 11) is 1.61. The fraction of sp³-hybridized carbons (Fsp3) is 0.333. The molecule has 1 aromatic heterocycles. The van der Waals surface area contributed by atoms with Crippen molar-refractivity contribution >= 4 is 5.91 Å². The Bertz CT molecular complexity index is 643. The fourth-order valence-electron chi connectivity index (χ4n) is 2.88. The van der Waals surface area contributed by atoms with Crippen molar-refractivity contribution in [2.75, 3.05) is 7.11 Å². The van der Waals surface area contributed by atoms with Crippen LogP contribution in [0.4, 0.5) is 0 Å². The number of hydrogen-bond donors (Lipinski definition) is 2. The van der Waals surface area contributed by atoms with Crippen LogP contribution in [0.1, 0.15) is 30.0 Å². The van der Waals surface area contributed by atoms with Gasteiger partial charge in [-0.15, -0.1) is 0 Å². The smallest absolute Gasteiger partial charge is 0.220 e. The van der Waals surface area contributed by atoms with Gasteiger partial charge >= 0.3 is 0 Å². The van der Waals surface area contributed by atoms with E-state index in [0.717, 1.165) is 17.5 Å². The average molecular weight is 311 g/mol. The molecule has 2 heterocycles. The predicted octanol–water partition coefficient (Wildman–Crippen LogP) is 2.20. The highest BCUT2D eigenvalue weighted by Gasteiger charge is 2.29. The Morgan fingerprint density at radius 3 is 2.78 bits per heavy atom. The number of benzene rings is 1. The monoisotopic (exact) mass is 311 g/mol. The molecule has 0 bridgehead atoms. The summed E-state index contributed by atoms with van der Waals surface area (Å²) < 4.78 is 5.07. The molecule has 120 valence electrons. The van der Waals surface area contributed by atoms with Crippen LogP contribution in [0.5, 0.6) is 5.88 Å². The number of carbonyl (C=O) groups is 1. The van der Waals surface area contributed by atoms with Gasteiger partial charge in [-0.05, 0) is 17.5 Å². The lowest BCUT2D eigenvalue weighted by Gasteiger charge is -2.33. The molecule has 0 spiro atoms. The third-order valence-corrected chi connectivity index (χ3v) is 4.14. The summed E-state index contributed by atoms with van der Waals surface area (Å²) in [6.45, 7) is 0.709. The van der Waals surface area contributed by atoms with Gasteiger partial charge in [0.25, 0.3) is 0 Å². The van der Waals surface area contributed by atoms with Gasteiger partial charge in [-0.1, -0.05) is 36.4 Å². The SMILES string of the molecule is COc1ccc(CN[C@@H]2CCC(=O)N[C@H]2c2ccccc2)cn1. The van der Waals surface area contributed by atoms with Crippen LogP contribution in [0.2, 0.25) is 0 Å². The van der Waals surface area contributed by atoms with Crippen molar-refractivity contribution < 1.29 is 9.53 Å². The van der Waals surface area contributed by atoms with Gasteiger partial charge in [-0.3, -0.25) is 4.79 Å². The minimum absolute atomic E-state index is 0.00339. The lowest BCUT2D eigenvalue weighted by Crippen LogP contribution is -2.48. The number of nitrogens with zero attached hydrogens (tertiary/aromatic N) is 1. The Morgan fingerprint density at radius 1 is 1.26 bits per heavy atom. The van der Waals surface area contributed by atoms with Gasteiger partial charge in [-0.2, -0.15) is 0 Å². The summed E-state index contributed by atoms with van der Waals surface area (Å²) in [5.41, 5.74) is 2.22. The van der Waals surface area contributed by atoms with E-state index in [9.17, 15) is 4.79 Å². The molecule has 1 aromatic carbocycles. The first kappa shape index (κ1) is 15.5. The van der Waals surface area contributed by atoms with Gasteiger partial charge in [-0.25, -0.2) is 4.98 Å². The highest BCUT2D eigenvalue weighted by Crippen LogP contribution is 2.24. The lowest BCUT2D eigenvalue weighted by atomic mass is 9.92. The van der Waals surface area contributed by atoms with E-state index < -0.39 is 0 Å². The molecule has 0 aliphatic carbocycles. The van der Waals surface area contributed by atoms with Crippen molar-refractivity contribution in [3.63, 3.8) is 0 Å². The van der Waals surface area contributed by atoms with E-state index in [4.69, 9.17) is 4.74 Å². The Hall–Kier alpha value is -2.40. The number of ether oxygens (including phenoxy) is 1. The van der Waals surface area contributed by atoms with Crippen molar-refractivity contribution in [1.82, 2.24) is 15.6 Å². The number of nitrogens with one attached hydrogen (secondary N) is 2. The van der Waals surface area contributed by atoms with Crippen molar-refractivity contribution in [2.45, 2.75) is 31.5 Å². The predicted molar refractivity (Wildman–Crippen MR) is 88.0 cm³/mol. The molecule has 5 nitrogen and oxygen atoms in total. The fourth-order valence-corrected chi connectivity index (χ4v) is 2.88. The van der Waals surface area contributed by atoms with Gasteiger partial charge in [0, 0.05) is 31.3 Å². The molecule has 3 rings (SSSR count). The topological polar surface area (TPSA) is 63.2 Å². The minimum atomic E-state index is 0.00339. The number of methoxy groups -OCH3 is 1. The van der Waals surface area contributed by atoms with E-state index in [1.54, 1.807) is 7.11 Å². The first-order chi connectivity index (χ1) is 11.3. The molecule has 2 aromatic rings. The van der Waals surface area contributed by atoms with Crippen LogP contribution < -0.4 is 15.4 Å². The molecule has 0 unspecified atom stereocenters. The highest BCUT2D eigenvalue weighted by atomic mass is 16.5. The summed E-state index contributed by atoms with van der Waals surface area (Å²) in [5, 5.41) is 6.65. The van der Waals surface area contributed by atoms with E-state index in [1.165, 1.54) is 0 Å². The zero-order chi connectivity index (χ0) is 16.1. The van der Waals surface area contributed by atoms with Crippen LogP contribution in [0.25, 0.3) is 0 Å². The maximum absolute atomic E-state index is 11.8. The van der Waals surface area contributed by atoms with E-state index in [1.807, 2.05) is 36.5 Å². The van der Waals surface area contributed by atoms with Crippen molar-refractivity contribution in [3.05, 3.63) is 59.8 Å². The van der Waals surface area contributed by atoms with Gasteiger partial charge in [0.15, 0.2) is 0 Å². The van der Waals surface area contributed by atoms with Crippen molar-refractivity contribution in [2.24, 2.45) is 0 Å². The second kappa shape index (κ2) is 7.24. The second-order valence-corrected chi connectivity index (χ2v) is 5.69. The molecule has 2 N–H and O–H groups in total. The minimum Gasteiger partial charge on any atom is -0.481 e. The van der Waals surface area contributed by atoms with Crippen LogP contribution in [-0.4, -0.2) is 24.0 Å². The first-order valence-electron chi connectivity index (χ1n) is 7.83. The van der Waals surface area contributed by atoms with Crippen LogP contribution in [0.15, 0.2) is 48.7 Å². The Kier molecular flexibility index (Phi) is 4.88. The number of rotatable bonds is 5. The van der Waals surface area contributed by atoms with Gasteiger partial charge in [0.1, 0.15) is 0 Å². The quantitative estimate of drug-likeness (QED) is 0.888. The normalized spacial score (nSPS) is 20.8. The van der Waals surface area contributed by atoms with Gasteiger partial charge < -0.3 is 15.4 Å². The summed E-state index contributed by atoms with van der Waals surface area (Å²) in [6, 6.07) is 14.2. The number of pyridine rings is 1. The number of aromatic nitrogens is 1. The number of amides is 1. The molecule has 1 saturated heterocycles. The molecule has 2 atom stereocenters. The maximum Gasteiger partial charge on any atom is 0.220 e. The third kappa shape index (κ3) is 3.87. The number of carbonyl (C=O) groups excluding carboxylic acids is 1. The molecule has 1 fully saturated rings. The molecule has 23 heavy (non-hydrogen) atoms. The molecule has 5 heteroatoms. The third-order valence-electron chi connectivity index (χ3n) is 4.14. The standard InChI is InChI=1S/C18H21N3O2/c1-23-17-10-7-13(12-20-17)11-19-15-8-9-16(22)21-18(15)14-5-3-2-4-6-14/h2-7,10,12,15,18-19H,8-9,11H2,1H3,(H,21,22)/t15-,18+/m1/s1. The van der Waals surface area contributed by atoms with E-state index in [2.05, 4.69) is 27.8 Å². The number of hydrogen-bond acceptors (Lipinski definition) is 4. The summed E-state index contributed by atoms with van der Waals surface area (Å²) >= 11 is 0. The van der Waals surface area contributed by atoms with Crippen molar-refractivity contribution in [1.29, 1.82) is 0 Å². The Balaban J connectivity index is 1.67. The zero-order valence-electron chi connectivity index (χ0n) is 13.2. The number of piperidine rings is 1.